The Hall–Kier alpha value is -6.59. The molecule has 2 aromatic heterocycles. The molecule has 25 heteroatoms. The first-order valence-electron chi connectivity index (χ1n) is 31.4. The SMILES string of the molecule is C1COCCOCCOCCN1.COC1NC(C)C(C(=O)O)C1C.COc1[nH]c(C)c(C(=O)N2CCOCCOCCOCC2)c1C.Cc1ccc2c(c1)/C(=C/c1[nH]c(C)c(C(=O)N3CCOCCOCCOCC3)c1C)C(=O)N2.Cc1ccc2c(c1)CC(=O)N2. The molecular weight excluding hydrogens is 1180 g/mol. The lowest BCUT2D eigenvalue weighted by molar-refractivity contribution is -0.143. The fourth-order valence-corrected chi connectivity index (χ4v) is 11.0. The maximum absolute atomic E-state index is 13.5. The van der Waals surface area contributed by atoms with Gasteiger partial charge in [0.25, 0.3) is 17.7 Å². The number of nitrogens with one attached hydrogen (secondary N) is 6. The van der Waals surface area contributed by atoms with Crippen molar-refractivity contribution in [2.75, 3.05) is 183 Å². The van der Waals surface area contributed by atoms with Crippen LogP contribution in [0.2, 0.25) is 0 Å². The van der Waals surface area contributed by atoms with Gasteiger partial charge in [0.1, 0.15) is 6.23 Å². The molecule has 4 atom stereocenters. The molecule has 0 saturated carbocycles. The number of hydrogen-bond donors (Lipinski definition) is 7. The van der Waals surface area contributed by atoms with Crippen molar-refractivity contribution in [3.63, 3.8) is 0 Å². The normalized spacial score (nSPS) is 21.9. The molecule has 6 aliphatic rings. The second kappa shape index (κ2) is 39.1. The van der Waals surface area contributed by atoms with Crippen LogP contribution in [0.1, 0.15) is 85.0 Å². The van der Waals surface area contributed by atoms with Gasteiger partial charge in [-0.15, -0.1) is 0 Å². The van der Waals surface area contributed by atoms with Crippen LogP contribution in [0, 0.1) is 53.4 Å². The Morgan fingerprint density at radius 2 is 1.02 bits per heavy atom. The van der Waals surface area contributed by atoms with Crippen molar-refractivity contribution in [2.45, 2.75) is 74.1 Å². The smallest absolute Gasteiger partial charge is 0.308 e. The van der Waals surface area contributed by atoms with Crippen LogP contribution < -0.4 is 26.0 Å². The number of aromatic amines is 2. The highest BCUT2D eigenvalue weighted by atomic mass is 16.6. The fourth-order valence-electron chi connectivity index (χ4n) is 11.0. The highest BCUT2D eigenvalue weighted by molar-refractivity contribution is 6.35. The molecule has 4 aromatic rings. The van der Waals surface area contributed by atoms with Gasteiger partial charge in [-0.3, -0.25) is 29.3 Å². The number of carbonyl (C=O) groups excluding carboxylic acids is 4. The van der Waals surface area contributed by atoms with E-state index in [4.69, 9.17) is 57.2 Å². The van der Waals surface area contributed by atoms with Gasteiger partial charge in [0.05, 0.1) is 155 Å². The average Bonchev–Trinajstić information content (AvgIpc) is 2.10. The minimum Gasteiger partial charge on any atom is -0.482 e. The summed E-state index contributed by atoms with van der Waals surface area (Å²) in [5.41, 5.74) is 11.9. The largest absolute Gasteiger partial charge is 0.482 e. The summed E-state index contributed by atoms with van der Waals surface area (Å²) in [4.78, 5) is 70.6. The van der Waals surface area contributed by atoms with Crippen LogP contribution in [-0.4, -0.2) is 239 Å². The Kier molecular flexibility index (Phi) is 31.5. The van der Waals surface area contributed by atoms with Gasteiger partial charge >= 0.3 is 5.97 Å². The Bertz CT molecular complexity index is 2920. The van der Waals surface area contributed by atoms with Crippen LogP contribution in [0.5, 0.6) is 5.88 Å². The van der Waals surface area contributed by atoms with Gasteiger partial charge in [-0.25, -0.2) is 0 Å². The molecule has 7 N–H and O–H groups in total. The molecule has 4 amide bonds. The van der Waals surface area contributed by atoms with E-state index in [0.717, 1.165) is 82.6 Å². The van der Waals surface area contributed by atoms with Crippen LogP contribution >= 0.6 is 0 Å². The number of fused-ring (bicyclic) bond motifs is 2. The zero-order valence-electron chi connectivity index (χ0n) is 54.9. The van der Waals surface area contributed by atoms with Gasteiger partial charge in [-0.1, -0.05) is 36.2 Å². The third kappa shape index (κ3) is 22.9. The number of methoxy groups -OCH3 is 2. The summed E-state index contributed by atoms with van der Waals surface area (Å²) in [5.74, 6) is -0.565. The molecule has 0 bridgehead atoms. The molecule has 25 nitrogen and oxygen atoms in total. The van der Waals surface area contributed by atoms with Crippen molar-refractivity contribution in [2.24, 2.45) is 11.8 Å². The average molecular weight is 1280 g/mol. The van der Waals surface area contributed by atoms with Crippen molar-refractivity contribution < 1.29 is 81.2 Å². The Morgan fingerprint density at radius 1 is 0.571 bits per heavy atom. The number of anilines is 2. The van der Waals surface area contributed by atoms with Crippen LogP contribution in [0.25, 0.3) is 11.6 Å². The zero-order valence-corrected chi connectivity index (χ0v) is 54.9. The van der Waals surface area contributed by atoms with Gasteiger partial charge in [0.2, 0.25) is 5.91 Å². The number of ether oxygens (including phenoxy) is 11. The number of aryl methyl sites for hydroxylation is 4. The molecule has 0 aliphatic carbocycles. The number of hydrogen-bond acceptors (Lipinski definition) is 18. The molecular formula is C66H98N8O17. The number of aliphatic carboxylic acids is 1. The number of aromatic nitrogens is 2. The molecule has 91 heavy (non-hydrogen) atoms. The van der Waals surface area contributed by atoms with Gasteiger partial charge in [-0.2, -0.15) is 0 Å². The number of carboxylic acids is 1. The summed E-state index contributed by atoms with van der Waals surface area (Å²) in [6.45, 7) is 29.3. The highest BCUT2D eigenvalue weighted by Gasteiger charge is 2.42. The van der Waals surface area contributed by atoms with E-state index in [2.05, 4.69) is 31.2 Å². The van der Waals surface area contributed by atoms with Crippen molar-refractivity contribution in [1.29, 1.82) is 0 Å². The Balaban J connectivity index is 0.000000196. The summed E-state index contributed by atoms with van der Waals surface area (Å²) >= 11 is 0. The van der Waals surface area contributed by atoms with Gasteiger partial charge in [-0.05, 0) is 83.9 Å². The summed E-state index contributed by atoms with van der Waals surface area (Å²) in [6.07, 6.45) is 2.25. The van der Waals surface area contributed by atoms with E-state index in [0.29, 0.717) is 161 Å². The Morgan fingerprint density at radius 3 is 1.47 bits per heavy atom. The van der Waals surface area contributed by atoms with Crippen LogP contribution in [0.3, 0.4) is 0 Å². The van der Waals surface area contributed by atoms with Crippen LogP contribution in [0.4, 0.5) is 11.4 Å². The van der Waals surface area contributed by atoms with Crippen molar-refractivity contribution in [1.82, 2.24) is 30.4 Å². The summed E-state index contributed by atoms with van der Waals surface area (Å²) in [7, 11) is 3.18. The van der Waals surface area contributed by atoms with Crippen LogP contribution in [0.15, 0.2) is 36.4 Å². The van der Waals surface area contributed by atoms with Gasteiger partial charge < -0.3 is 92.9 Å². The topological polar surface area (TPSA) is 293 Å². The predicted molar refractivity (Wildman–Crippen MR) is 344 cm³/mol. The quantitative estimate of drug-likeness (QED) is 0.117. The minimum absolute atomic E-state index is 0.0116. The van der Waals surface area contributed by atoms with E-state index in [1.165, 1.54) is 5.56 Å². The van der Waals surface area contributed by atoms with E-state index in [1.807, 2.05) is 97.9 Å². The second-order valence-corrected chi connectivity index (χ2v) is 22.6. The first-order chi connectivity index (χ1) is 43.9. The van der Waals surface area contributed by atoms with E-state index in [-0.39, 0.29) is 47.7 Å². The van der Waals surface area contributed by atoms with Crippen molar-refractivity contribution >= 4 is 52.6 Å². The third-order valence-electron chi connectivity index (χ3n) is 15.9. The highest BCUT2D eigenvalue weighted by Crippen LogP contribution is 2.35. The number of amides is 4. The van der Waals surface area contributed by atoms with E-state index < -0.39 is 5.97 Å². The predicted octanol–water partition coefficient (Wildman–Crippen LogP) is 5.50. The van der Waals surface area contributed by atoms with Crippen LogP contribution in [-0.2, 0) is 68.2 Å². The first-order valence-corrected chi connectivity index (χ1v) is 31.4. The summed E-state index contributed by atoms with van der Waals surface area (Å²) in [6, 6.07) is 11.9. The summed E-state index contributed by atoms with van der Waals surface area (Å²) < 4.78 is 59.2. The molecule has 4 saturated heterocycles. The van der Waals surface area contributed by atoms with E-state index in [9.17, 15) is 24.0 Å². The molecule has 6 aliphatic heterocycles. The molecule has 0 spiro atoms. The summed E-state index contributed by atoms with van der Waals surface area (Å²) in [5, 5.41) is 20.9. The Labute approximate surface area is 535 Å². The number of H-pyrrole nitrogens is 2. The maximum Gasteiger partial charge on any atom is 0.308 e. The molecule has 10 rings (SSSR count). The maximum atomic E-state index is 13.5. The monoisotopic (exact) mass is 1270 g/mol. The van der Waals surface area contributed by atoms with Crippen molar-refractivity contribution in [3.8, 4) is 5.88 Å². The van der Waals surface area contributed by atoms with E-state index >= 15 is 0 Å². The molecule has 504 valence electrons. The van der Waals surface area contributed by atoms with Gasteiger partial charge in [0.15, 0.2) is 5.88 Å². The lowest BCUT2D eigenvalue weighted by Gasteiger charge is -2.24. The second-order valence-electron chi connectivity index (χ2n) is 22.6. The number of carboxylic acid groups (broad SMARTS) is 1. The number of rotatable bonds is 6. The zero-order chi connectivity index (χ0) is 65.7. The van der Waals surface area contributed by atoms with Crippen molar-refractivity contribution in [3.05, 3.63) is 98.0 Å². The fraction of sp³-hybridized carbons (Fsp3) is 0.591. The first kappa shape index (κ1) is 73.5. The third-order valence-corrected chi connectivity index (χ3v) is 15.9. The number of nitrogens with zero attached hydrogens (tertiary/aromatic N) is 2. The molecule has 8 heterocycles. The number of benzene rings is 2. The standard InChI is InChI=1S/C25H31N3O5.C16H26N2O5.C9H9NO.C8H15NO3.C8H17NO3/c1-16-4-5-21-19(14-16)20(24(29)27-21)15-22-17(2)23(18(3)26-22)25(30)28-6-8-31-10-12-33-13-11-32-9-7-28;1-12-14(13(2)17-15(12)20-3)16(19)18-4-6-21-8-10-23-11-9-22-7-5-18;1-6-2-3-8-7(4-6)5-9(11)10-8;1-4-6(8(10)11)5(2)9-7(4)12-3;1-3-10-5-7-12-8-6-11-4-2-9-1/h4-5,14-15,26H,6-13H2,1-3H3,(H,27,29);17H,4-11H2,1-3H3;2-4H,5H2,1H3,(H,10,11);4-7,9H,1-3H3,(H,10,11);9H,1-8H2/b20-15-;;;;. The minimum atomic E-state index is -0.748. The molecule has 0 radical (unpaired) electrons. The molecule has 4 fully saturated rings. The number of carbonyl (C=O) groups is 5. The van der Waals surface area contributed by atoms with Gasteiger partial charge in [0, 0.05) is 97.9 Å². The lowest BCUT2D eigenvalue weighted by Crippen LogP contribution is -2.37. The lowest BCUT2D eigenvalue weighted by atomic mass is 9.92. The van der Waals surface area contributed by atoms with E-state index in [1.54, 1.807) is 24.0 Å². The molecule has 2 aromatic carbocycles. The molecule has 4 unspecified atom stereocenters.